The van der Waals surface area contributed by atoms with E-state index in [2.05, 4.69) is 14.8 Å². The van der Waals surface area contributed by atoms with Crippen LogP contribution in [-0.4, -0.2) is 37.1 Å². The molecule has 0 radical (unpaired) electrons. The van der Waals surface area contributed by atoms with Gasteiger partial charge >= 0.3 is 0 Å². The summed E-state index contributed by atoms with van der Waals surface area (Å²) in [5.41, 5.74) is 1.69. The molecule has 1 aliphatic heterocycles. The SMILES string of the molecule is C[C@@H]1c2nnc(-c3nc4c(s3)CCCC4)n2CCN1C(=O)c1ccc(F)cc1. The number of amides is 1. The smallest absolute Gasteiger partial charge is 0.254 e. The lowest BCUT2D eigenvalue weighted by molar-refractivity contribution is 0.0638. The predicted octanol–water partition coefficient (Wildman–Crippen LogP) is 3.64. The van der Waals surface area contributed by atoms with Gasteiger partial charge in [0, 0.05) is 23.5 Å². The molecule has 8 heteroatoms. The molecule has 0 saturated heterocycles. The van der Waals surface area contributed by atoms with Crippen LogP contribution in [0.15, 0.2) is 24.3 Å². The molecule has 144 valence electrons. The highest BCUT2D eigenvalue weighted by Gasteiger charge is 2.33. The molecule has 0 saturated carbocycles. The minimum absolute atomic E-state index is 0.118. The minimum Gasteiger partial charge on any atom is -0.327 e. The fourth-order valence-corrected chi connectivity index (χ4v) is 5.17. The second-order valence-corrected chi connectivity index (χ2v) is 8.39. The molecule has 1 amide bonds. The molecule has 0 N–H and O–H groups in total. The minimum atomic E-state index is -0.348. The Bertz CT molecular complexity index is 1020. The third kappa shape index (κ3) is 2.83. The van der Waals surface area contributed by atoms with Crippen LogP contribution < -0.4 is 0 Å². The molecule has 1 aliphatic carbocycles. The fourth-order valence-electron chi connectivity index (χ4n) is 4.03. The first-order chi connectivity index (χ1) is 13.6. The first-order valence-electron chi connectivity index (χ1n) is 9.60. The Morgan fingerprint density at radius 2 is 1.93 bits per heavy atom. The molecule has 3 aromatic rings. The highest BCUT2D eigenvalue weighted by molar-refractivity contribution is 7.15. The maximum atomic E-state index is 13.2. The first kappa shape index (κ1) is 17.5. The summed E-state index contributed by atoms with van der Waals surface area (Å²) >= 11 is 1.72. The number of hydrogen-bond donors (Lipinski definition) is 0. The summed E-state index contributed by atoms with van der Waals surface area (Å²) in [7, 11) is 0. The monoisotopic (exact) mass is 397 g/mol. The molecule has 0 fully saturated rings. The number of rotatable bonds is 2. The fraction of sp³-hybridized carbons (Fsp3) is 0.400. The summed E-state index contributed by atoms with van der Waals surface area (Å²) in [6, 6.07) is 5.46. The van der Waals surface area contributed by atoms with Gasteiger partial charge in [-0.2, -0.15) is 0 Å². The molecule has 5 rings (SSSR count). The zero-order valence-electron chi connectivity index (χ0n) is 15.6. The van der Waals surface area contributed by atoms with Gasteiger partial charge in [-0.05, 0) is 56.9 Å². The van der Waals surface area contributed by atoms with Crippen molar-refractivity contribution in [2.75, 3.05) is 6.54 Å². The molecular weight excluding hydrogens is 377 g/mol. The van der Waals surface area contributed by atoms with Crippen molar-refractivity contribution in [3.05, 3.63) is 52.0 Å². The number of nitrogens with zero attached hydrogens (tertiary/aromatic N) is 5. The van der Waals surface area contributed by atoms with Gasteiger partial charge in [-0.3, -0.25) is 4.79 Å². The first-order valence-corrected chi connectivity index (χ1v) is 10.4. The van der Waals surface area contributed by atoms with E-state index < -0.39 is 0 Å². The molecular formula is C20H20FN5OS. The third-order valence-electron chi connectivity index (χ3n) is 5.57. The summed E-state index contributed by atoms with van der Waals surface area (Å²) in [5, 5.41) is 9.73. The van der Waals surface area contributed by atoms with Crippen molar-refractivity contribution in [3.63, 3.8) is 0 Å². The number of carbonyl (C=O) groups is 1. The topological polar surface area (TPSA) is 63.9 Å². The number of hydrogen-bond acceptors (Lipinski definition) is 5. The quantitative estimate of drug-likeness (QED) is 0.662. The van der Waals surface area contributed by atoms with E-state index in [9.17, 15) is 9.18 Å². The zero-order chi connectivity index (χ0) is 19.3. The van der Waals surface area contributed by atoms with Crippen molar-refractivity contribution in [2.45, 2.75) is 45.2 Å². The maximum absolute atomic E-state index is 13.2. The predicted molar refractivity (Wildman–Crippen MR) is 104 cm³/mol. The van der Waals surface area contributed by atoms with Gasteiger partial charge in [-0.25, -0.2) is 9.37 Å². The molecule has 1 aromatic carbocycles. The number of fused-ring (bicyclic) bond motifs is 2. The number of halogens is 1. The molecule has 6 nitrogen and oxygen atoms in total. The molecule has 3 heterocycles. The van der Waals surface area contributed by atoms with Crippen LogP contribution in [0.25, 0.3) is 10.8 Å². The molecule has 2 aromatic heterocycles. The van der Waals surface area contributed by atoms with Crippen molar-refractivity contribution < 1.29 is 9.18 Å². The average molecular weight is 397 g/mol. The van der Waals surface area contributed by atoms with Gasteiger partial charge in [0.15, 0.2) is 16.7 Å². The maximum Gasteiger partial charge on any atom is 0.254 e. The van der Waals surface area contributed by atoms with Crippen molar-refractivity contribution in [1.29, 1.82) is 0 Å². The van der Waals surface area contributed by atoms with Gasteiger partial charge in [0.1, 0.15) is 5.82 Å². The van der Waals surface area contributed by atoms with E-state index in [-0.39, 0.29) is 17.8 Å². The lowest BCUT2D eigenvalue weighted by Gasteiger charge is -2.33. The molecule has 0 unspecified atom stereocenters. The van der Waals surface area contributed by atoms with Crippen LogP contribution in [0.2, 0.25) is 0 Å². The van der Waals surface area contributed by atoms with Gasteiger partial charge in [0.05, 0.1) is 11.7 Å². The van der Waals surface area contributed by atoms with Crippen LogP contribution in [-0.2, 0) is 19.4 Å². The number of aryl methyl sites for hydroxylation is 2. The lowest BCUT2D eigenvalue weighted by Crippen LogP contribution is -2.41. The van der Waals surface area contributed by atoms with Crippen molar-refractivity contribution >= 4 is 17.2 Å². The van der Waals surface area contributed by atoms with E-state index >= 15 is 0 Å². The summed E-state index contributed by atoms with van der Waals surface area (Å²) < 4.78 is 15.3. The van der Waals surface area contributed by atoms with Crippen LogP contribution in [0, 0.1) is 5.82 Å². The molecule has 2 aliphatic rings. The van der Waals surface area contributed by atoms with E-state index in [1.165, 1.54) is 47.7 Å². The Hall–Kier alpha value is -2.61. The Morgan fingerprint density at radius 1 is 1.14 bits per heavy atom. The number of carbonyl (C=O) groups excluding carboxylic acids is 1. The van der Waals surface area contributed by atoms with Gasteiger partial charge in [0.2, 0.25) is 0 Å². The second-order valence-electron chi connectivity index (χ2n) is 7.31. The average Bonchev–Trinajstić information content (AvgIpc) is 3.32. The van der Waals surface area contributed by atoms with Crippen molar-refractivity contribution in [3.8, 4) is 10.8 Å². The van der Waals surface area contributed by atoms with E-state index in [0.29, 0.717) is 18.7 Å². The standard InChI is InChI=1S/C20H20FN5OS/c1-12-17-23-24-18(19-22-15-4-2-3-5-16(15)28-19)26(17)11-10-25(12)20(27)13-6-8-14(21)9-7-13/h6-9,12H,2-5,10-11H2,1H3/t12-/m1/s1. The Balaban J connectivity index is 1.44. The third-order valence-corrected chi connectivity index (χ3v) is 6.73. The molecule has 1 atom stereocenters. The van der Waals surface area contributed by atoms with Gasteiger partial charge in [-0.15, -0.1) is 21.5 Å². The zero-order valence-corrected chi connectivity index (χ0v) is 16.4. The van der Waals surface area contributed by atoms with Gasteiger partial charge in [0.25, 0.3) is 5.91 Å². The lowest BCUT2D eigenvalue weighted by atomic mass is 10.0. The van der Waals surface area contributed by atoms with E-state index in [4.69, 9.17) is 4.98 Å². The van der Waals surface area contributed by atoms with Crippen molar-refractivity contribution in [1.82, 2.24) is 24.6 Å². The normalized spacial score (nSPS) is 18.6. The Kier molecular flexibility index (Phi) is 4.23. The largest absolute Gasteiger partial charge is 0.327 e. The highest BCUT2D eigenvalue weighted by atomic mass is 32.1. The van der Waals surface area contributed by atoms with Gasteiger partial charge in [-0.1, -0.05) is 0 Å². The number of aromatic nitrogens is 4. The highest BCUT2D eigenvalue weighted by Crippen LogP contribution is 2.34. The summed E-state index contributed by atoms with van der Waals surface area (Å²) in [4.78, 5) is 20.8. The van der Waals surface area contributed by atoms with E-state index in [1.807, 2.05) is 6.92 Å². The van der Waals surface area contributed by atoms with Crippen LogP contribution in [0.3, 0.4) is 0 Å². The molecule has 0 spiro atoms. The summed E-state index contributed by atoms with van der Waals surface area (Å²) in [5.74, 6) is 1.10. The molecule has 0 bridgehead atoms. The summed E-state index contributed by atoms with van der Waals surface area (Å²) in [6.07, 6.45) is 4.57. The van der Waals surface area contributed by atoms with Crippen LogP contribution in [0.5, 0.6) is 0 Å². The van der Waals surface area contributed by atoms with Crippen LogP contribution in [0.1, 0.15) is 52.6 Å². The molecule has 28 heavy (non-hydrogen) atoms. The van der Waals surface area contributed by atoms with Crippen LogP contribution >= 0.6 is 11.3 Å². The second kappa shape index (κ2) is 6.77. The number of thiazole rings is 1. The number of benzene rings is 1. The van der Waals surface area contributed by atoms with Crippen LogP contribution in [0.4, 0.5) is 4.39 Å². The summed E-state index contributed by atoms with van der Waals surface area (Å²) in [6.45, 7) is 3.14. The Labute approximate surface area is 166 Å². The Morgan fingerprint density at radius 3 is 2.71 bits per heavy atom. The van der Waals surface area contributed by atoms with Gasteiger partial charge < -0.3 is 9.47 Å². The van der Waals surface area contributed by atoms with E-state index in [1.54, 1.807) is 16.2 Å². The van der Waals surface area contributed by atoms with Crippen molar-refractivity contribution in [2.24, 2.45) is 0 Å². The van der Waals surface area contributed by atoms with E-state index in [0.717, 1.165) is 29.5 Å².